The van der Waals surface area contributed by atoms with Gasteiger partial charge in [0.25, 0.3) is 0 Å². The van der Waals surface area contributed by atoms with Crippen LogP contribution in [0.1, 0.15) is 39.5 Å². The Bertz CT molecular complexity index is 389. The highest BCUT2D eigenvalue weighted by atomic mass is 16.5. The van der Waals surface area contributed by atoms with Gasteiger partial charge in [0.1, 0.15) is 11.5 Å². The van der Waals surface area contributed by atoms with Gasteiger partial charge in [-0.2, -0.15) is 0 Å². The summed E-state index contributed by atoms with van der Waals surface area (Å²) in [5.41, 5.74) is 0. The van der Waals surface area contributed by atoms with Crippen LogP contribution < -0.4 is 4.74 Å². The van der Waals surface area contributed by atoms with Crippen LogP contribution in [0.25, 0.3) is 0 Å². The van der Waals surface area contributed by atoms with Gasteiger partial charge in [-0.25, -0.2) is 0 Å². The first-order chi connectivity index (χ1) is 9.15. The zero-order valence-corrected chi connectivity index (χ0v) is 12.0. The van der Waals surface area contributed by atoms with E-state index in [4.69, 9.17) is 4.74 Å². The Kier molecular flexibility index (Phi) is 5.00. The van der Waals surface area contributed by atoms with E-state index in [0.29, 0.717) is 30.6 Å². The van der Waals surface area contributed by atoms with Gasteiger partial charge in [0, 0.05) is 12.3 Å². The second-order valence-electron chi connectivity index (χ2n) is 5.99. The van der Waals surface area contributed by atoms with Crippen molar-refractivity contribution in [1.82, 2.24) is 0 Å². The lowest BCUT2D eigenvalue weighted by molar-refractivity contribution is -0.125. The van der Waals surface area contributed by atoms with Gasteiger partial charge in [-0.1, -0.05) is 32.0 Å². The van der Waals surface area contributed by atoms with Gasteiger partial charge in [0.15, 0.2) is 0 Å². The van der Waals surface area contributed by atoms with Gasteiger partial charge in [-0.15, -0.1) is 0 Å². The Morgan fingerprint density at radius 3 is 2.37 bits per heavy atom. The number of ketones is 1. The maximum atomic E-state index is 12.2. The van der Waals surface area contributed by atoms with Crippen LogP contribution in [-0.4, -0.2) is 12.4 Å². The quantitative estimate of drug-likeness (QED) is 0.796. The van der Waals surface area contributed by atoms with Crippen molar-refractivity contribution in [2.24, 2.45) is 17.8 Å². The zero-order valence-electron chi connectivity index (χ0n) is 12.0. The first-order valence-electron chi connectivity index (χ1n) is 7.35. The monoisotopic (exact) mass is 260 g/mol. The third-order valence-electron chi connectivity index (χ3n) is 3.99. The molecule has 1 aliphatic carbocycles. The van der Waals surface area contributed by atoms with E-state index in [-0.39, 0.29) is 5.92 Å². The first-order valence-corrected chi connectivity index (χ1v) is 7.35. The van der Waals surface area contributed by atoms with E-state index in [1.807, 2.05) is 30.3 Å². The highest BCUT2D eigenvalue weighted by molar-refractivity contribution is 5.81. The van der Waals surface area contributed by atoms with Crippen molar-refractivity contribution in [2.45, 2.75) is 39.5 Å². The second kappa shape index (κ2) is 6.74. The highest BCUT2D eigenvalue weighted by Crippen LogP contribution is 2.33. The summed E-state index contributed by atoms with van der Waals surface area (Å²) in [6.07, 6.45) is 3.94. The minimum atomic E-state index is 0.262. The van der Waals surface area contributed by atoms with E-state index in [1.54, 1.807) is 0 Å². The van der Waals surface area contributed by atoms with Crippen molar-refractivity contribution in [3.05, 3.63) is 30.3 Å². The second-order valence-corrected chi connectivity index (χ2v) is 5.99. The first kappa shape index (κ1) is 14.1. The summed E-state index contributed by atoms with van der Waals surface area (Å²) in [7, 11) is 0. The molecule has 19 heavy (non-hydrogen) atoms. The number of rotatable bonds is 5. The van der Waals surface area contributed by atoms with E-state index in [0.717, 1.165) is 18.6 Å². The van der Waals surface area contributed by atoms with Crippen LogP contribution in [0, 0.1) is 17.8 Å². The molecular weight excluding hydrogens is 236 g/mol. The van der Waals surface area contributed by atoms with E-state index in [1.165, 1.54) is 6.42 Å². The maximum absolute atomic E-state index is 12.2. The summed E-state index contributed by atoms with van der Waals surface area (Å²) >= 11 is 0. The fourth-order valence-corrected chi connectivity index (χ4v) is 3.20. The molecule has 2 heteroatoms. The zero-order chi connectivity index (χ0) is 13.7. The molecule has 1 fully saturated rings. The van der Waals surface area contributed by atoms with Crippen LogP contribution in [0.3, 0.4) is 0 Å². The van der Waals surface area contributed by atoms with Gasteiger partial charge >= 0.3 is 0 Å². The SMILES string of the molecule is CC1CC(C)CC(C(=O)CCOc2ccccc2)C1. The molecule has 1 aromatic rings. The van der Waals surface area contributed by atoms with Gasteiger partial charge in [0.05, 0.1) is 6.61 Å². The number of hydrogen-bond acceptors (Lipinski definition) is 2. The molecule has 1 aliphatic rings. The Hall–Kier alpha value is -1.31. The summed E-state index contributed by atoms with van der Waals surface area (Å²) in [4.78, 5) is 12.2. The molecule has 0 bridgehead atoms. The normalized spacial score (nSPS) is 26.9. The Labute approximate surface area is 116 Å². The lowest BCUT2D eigenvalue weighted by Crippen LogP contribution is -2.26. The van der Waals surface area contributed by atoms with Crippen LogP contribution in [-0.2, 0) is 4.79 Å². The van der Waals surface area contributed by atoms with Crippen molar-refractivity contribution in [2.75, 3.05) is 6.61 Å². The predicted octanol–water partition coefficient (Wildman–Crippen LogP) is 4.10. The van der Waals surface area contributed by atoms with Crippen LogP contribution in [0.15, 0.2) is 30.3 Å². The van der Waals surface area contributed by atoms with Gasteiger partial charge < -0.3 is 4.74 Å². The van der Waals surface area contributed by atoms with E-state index in [9.17, 15) is 4.79 Å². The molecule has 0 heterocycles. The number of carbonyl (C=O) groups excluding carboxylic acids is 1. The standard InChI is InChI=1S/C17H24O2/c1-13-10-14(2)12-15(11-13)17(18)8-9-19-16-6-4-3-5-7-16/h3-7,13-15H,8-12H2,1-2H3. The smallest absolute Gasteiger partial charge is 0.139 e. The van der Waals surface area contributed by atoms with Crippen LogP contribution in [0.2, 0.25) is 0 Å². The Morgan fingerprint density at radius 1 is 1.11 bits per heavy atom. The lowest BCUT2D eigenvalue weighted by atomic mass is 9.74. The summed E-state index contributed by atoms with van der Waals surface area (Å²) in [6, 6.07) is 9.70. The minimum absolute atomic E-state index is 0.262. The van der Waals surface area contributed by atoms with Crippen molar-refractivity contribution in [3.63, 3.8) is 0 Å². The molecule has 1 saturated carbocycles. The molecule has 0 aromatic heterocycles. The third kappa shape index (κ3) is 4.38. The maximum Gasteiger partial charge on any atom is 0.139 e. The molecule has 2 nitrogen and oxygen atoms in total. The third-order valence-corrected chi connectivity index (χ3v) is 3.99. The van der Waals surface area contributed by atoms with Crippen molar-refractivity contribution < 1.29 is 9.53 Å². The van der Waals surface area contributed by atoms with Gasteiger partial charge in [0.2, 0.25) is 0 Å². The summed E-state index contributed by atoms with van der Waals surface area (Å²) in [6.45, 7) is 5.02. The minimum Gasteiger partial charge on any atom is -0.493 e. The molecule has 0 amide bonds. The lowest BCUT2D eigenvalue weighted by Gasteiger charge is -2.30. The van der Waals surface area contributed by atoms with Crippen LogP contribution in [0.5, 0.6) is 5.75 Å². The number of benzene rings is 1. The summed E-state index contributed by atoms with van der Waals surface area (Å²) < 4.78 is 5.60. The van der Waals surface area contributed by atoms with Gasteiger partial charge in [-0.05, 0) is 43.2 Å². The fraction of sp³-hybridized carbons (Fsp3) is 0.588. The average molecular weight is 260 g/mol. The van der Waals surface area contributed by atoms with Crippen molar-refractivity contribution >= 4 is 5.78 Å². The van der Waals surface area contributed by atoms with Crippen LogP contribution >= 0.6 is 0 Å². The molecule has 104 valence electrons. The molecule has 1 aromatic carbocycles. The van der Waals surface area contributed by atoms with E-state index in [2.05, 4.69) is 13.8 Å². The molecule has 0 aliphatic heterocycles. The summed E-state index contributed by atoms with van der Waals surface area (Å²) in [5, 5.41) is 0. The van der Waals surface area contributed by atoms with Crippen molar-refractivity contribution in [1.29, 1.82) is 0 Å². The number of ether oxygens (including phenoxy) is 1. The van der Waals surface area contributed by atoms with Crippen molar-refractivity contribution in [3.8, 4) is 5.75 Å². The largest absolute Gasteiger partial charge is 0.493 e. The Balaban J connectivity index is 1.75. The molecule has 0 spiro atoms. The molecule has 0 radical (unpaired) electrons. The number of para-hydroxylation sites is 1. The van der Waals surface area contributed by atoms with E-state index < -0.39 is 0 Å². The average Bonchev–Trinajstić information content (AvgIpc) is 2.38. The number of carbonyl (C=O) groups is 1. The Morgan fingerprint density at radius 2 is 1.74 bits per heavy atom. The molecule has 0 saturated heterocycles. The molecule has 2 atom stereocenters. The van der Waals surface area contributed by atoms with E-state index >= 15 is 0 Å². The van der Waals surface area contributed by atoms with Gasteiger partial charge in [-0.3, -0.25) is 4.79 Å². The predicted molar refractivity (Wildman–Crippen MR) is 77.2 cm³/mol. The molecule has 2 rings (SSSR count). The highest BCUT2D eigenvalue weighted by Gasteiger charge is 2.28. The fourth-order valence-electron chi connectivity index (χ4n) is 3.20. The topological polar surface area (TPSA) is 26.3 Å². The molecule has 2 unspecified atom stereocenters. The van der Waals surface area contributed by atoms with Crippen LogP contribution in [0.4, 0.5) is 0 Å². The number of hydrogen-bond donors (Lipinski definition) is 0. The summed E-state index contributed by atoms with van der Waals surface area (Å²) in [5.74, 6) is 2.87. The number of Topliss-reactive ketones (excluding diaryl/α,β-unsaturated/α-hetero) is 1. The molecule has 0 N–H and O–H groups in total. The molecular formula is C17H24O2.